The van der Waals surface area contributed by atoms with Crippen LogP contribution in [0.1, 0.15) is 30.8 Å². The largest absolute Gasteiger partial charge is 0.464 e. The van der Waals surface area contributed by atoms with E-state index in [4.69, 9.17) is 16.0 Å². The summed E-state index contributed by atoms with van der Waals surface area (Å²) in [5, 5.41) is 4.06. The monoisotopic (exact) mass is 339 g/mol. The van der Waals surface area contributed by atoms with Crippen LogP contribution in [0, 0.1) is 5.92 Å². The summed E-state index contributed by atoms with van der Waals surface area (Å²) in [6.07, 6.45) is 1.25. The smallest absolute Gasteiger partial charge is 0.123 e. The molecule has 100 valence electrons. The molecule has 1 aliphatic carbocycles. The van der Waals surface area contributed by atoms with Crippen LogP contribution in [0.15, 0.2) is 39.2 Å². The molecule has 1 N–H and O–H groups in total. The zero-order chi connectivity index (χ0) is 13.4. The summed E-state index contributed by atoms with van der Waals surface area (Å²) in [7, 11) is 0. The molecule has 2 nitrogen and oxygen atoms in total. The Morgan fingerprint density at radius 1 is 1.37 bits per heavy atom. The minimum Gasteiger partial charge on any atom is -0.464 e. The first-order valence-electron chi connectivity index (χ1n) is 6.41. The molecule has 0 spiro atoms. The van der Waals surface area contributed by atoms with Crippen LogP contribution in [-0.2, 0) is 6.54 Å². The van der Waals surface area contributed by atoms with Gasteiger partial charge < -0.3 is 9.73 Å². The second-order valence-corrected chi connectivity index (χ2v) is 6.39. The molecule has 0 saturated heterocycles. The van der Waals surface area contributed by atoms with Crippen LogP contribution in [0.25, 0.3) is 0 Å². The molecule has 1 aromatic heterocycles. The van der Waals surface area contributed by atoms with Gasteiger partial charge in [-0.15, -0.1) is 0 Å². The molecule has 1 saturated carbocycles. The van der Waals surface area contributed by atoms with Gasteiger partial charge in [0.1, 0.15) is 11.5 Å². The highest BCUT2D eigenvalue weighted by molar-refractivity contribution is 9.10. The van der Waals surface area contributed by atoms with Gasteiger partial charge >= 0.3 is 0 Å². The van der Waals surface area contributed by atoms with E-state index in [0.717, 1.165) is 32.6 Å². The Bertz CT molecular complexity index is 596. The van der Waals surface area contributed by atoms with Crippen molar-refractivity contribution in [1.29, 1.82) is 0 Å². The van der Waals surface area contributed by atoms with Gasteiger partial charge in [-0.3, -0.25) is 0 Å². The molecule has 1 fully saturated rings. The zero-order valence-electron chi connectivity index (χ0n) is 10.6. The third-order valence-electron chi connectivity index (χ3n) is 3.54. The summed E-state index contributed by atoms with van der Waals surface area (Å²) in [4.78, 5) is 0. The first kappa shape index (κ1) is 13.1. The topological polar surface area (TPSA) is 25.2 Å². The van der Waals surface area contributed by atoms with Gasteiger partial charge in [-0.25, -0.2) is 0 Å². The van der Waals surface area contributed by atoms with Crippen LogP contribution < -0.4 is 5.32 Å². The van der Waals surface area contributed by atoms with Crippen molar-refractivity contribution in [3.63, 3.8) is 0 Å². The highest BCUT2D eigenvalue weighted by Gasteiger charge is 2.36. The molecule has 0 amide bonds. The van der Waals surface area contributed by atoms with Gasteiger partial charge in [-0.05, 0) is 58.6 Å². The third-order valence-corrected chi connectivity index (χ3v) is 4.43. The van der Waals surface area contributed by atoms with Crippen molar-refractivity contribution in [2.75, 3.05) is 5.32 Å². The van der Waals surface area contributed by atoms with Crippen molar-refractivity contribution in [3.8, 4) is 0 Å². The van der Waals surface area contributed by atoms with E-state index in [1.807, 2.05) is 18.2 Å². The lowest BCUT2D eigenvalue weighted by atomic mass is 10.3. The molecular formula is C15H15BrClNO. The molecule has 1 aliphatic rings. The van der Waals surface area contributed by atoms with Gasteiger partial charge in [-0.2, -0.15) is 0 Å². The predicted molar refractivity (Wildman–Crippen MR) is 81.7 cm³/mol. The van der Waals surface area contributed by atoms with Crippen LogP contribution in [0.2, 0.25) is 5.02 Å². The number of hydrogen-bond donors (Lipinski definition) is 1. The fraction of sp³-hybridized carbons (Fsp3) is 0.333. The Morgan fingerprint density at radius 3 is 2.84 bits per heavy atom. The van der Waals surface area contributed by atoms with Crippen molar-refractivity contribution in [2.45, 2.75) is 25.8 Å². The van der Waals surface area contributed by atoms with E-state index in [2.05, 4.69) is 40.3 Å². The third kappa shape index (κ3) is 2.98. The van der Waals surface area contributed by atoms with Crippen molar-refractivity contribution in [3.05, 3.63) is 51.3 Å². The molecule has 2 aromatic rings. The summed E-state index contributed by atoms with van der Waals surface area (Å²) in [6, 6.07) is 9.86. The summed E-state index contributed by atoms with van der Waals surface area (Å²) < 4.78 is 6.82. The number of furan rings is 1. The number of rotatable bonds is 4. The minimum atomic E-state index is 0.635. The average Bonchev–Trinajstić information content (AvgIpc) is 2.91. The Labute approximate surface area is 126 Å². The molecule has 2 unspecified atom stereocenters. The molecule has 1 aromatic carbocycles. The molecule has 4 heteroatoms. The van der Waals surface area contributed by atoms with E-state index in [9.17, 15) is 0 Å². The SMILES string of the molecule is CC1CC1c1ccc(CNc2ccc(Cl)cc2Br)o1. The van der Waals surface area contributed by atoms with E-state index < -0.39 is 0 Å². The number of hydrogen-bond acceptors (Lipinski definition) is 2. The molecule has 0 aliphatic heterocycles. The normalized spacial score (nSPS) is 21.4. The standard InChI is InChI=1S/C15H15BrClNO/c1-9-6-12(9)15-5-3-11(19-15)8-18-14-4-2-10(17)7-13(14)16/h2-5,7,9,12,18H,6,8H2,1H3. The van der Waals surface area contributed by atoms with Gasteiger partial charge in [0.05, 0.1) is 6.54 Å². The second kappa shape index (κ2) is 5.22. The Balaban J connectivity index is 1.64. The van der Waals surface area contributed by atoms with Crippen LogP contribution in [0.5, 0.6) is 0 Å². The zero-order valence-corrected chi connectivity index (χ0v) is 13.0. The van der Waals surface area contributed by atoms with Gasteiger partial charge in [0, 0.05) is 21.1 Å². The lowest BCUT2D eigenvalue weighted by molar-refractivity contribution is 0.468. The second-order valence-electron chi connectivity index (χ2n) is 5.10. The molecule has 3 rings (SSSR count). The average molecular weight is 341 g/mol. The fourth-order valence-electron chi connectivity index (χ4n) is 2.22. The lowest BCUT2D eigenvalue weighted by Gasteiger charge is -2.07. The summed E-state index contributed by atoms with van der Waals surface area (Å²) in [5.74, 6) is 3.50. The number of benzene rings is 1. The molecule has 2 atom stereocenters. The van der Waals surface area contributed by atoms with Crippen molar-refractivity contribution >= 4 is 33.2 Å². The first-order valence-corrected chi connectivity index (χ1v) is 7.58. The minimum absolute atomic E-state index is 0.635. The summed E-state index contributed by atoms with van der Waals surface area (Å²) in [5.41, 5.74) is 1.02. The quantitative estimate of drug-likeness (QED) is 0.802. The van der Waals surface area contributed by atoms with E-state index in [1.54, 1.807) is 0 Å². The lowest BCUT2D eigenvalue weighted by Crippen LogP contribution is -1.98. The molecule has 19 heavy (non-hydrogen) atoms. The van der Waals surface area contributed by atoms with Gasteiger partial charge in [0.25, 0.3) is 0 Å². The van der Waals surface area contributed by atoms with Crippen molar-refractivity contribution < 1.29 is 4.42 Å². The van der Waals surface area contributed by atoms with Crippen molar-refractivity contribution in [1.82, 2.24) is 0 Å². The van der Waals surface area contributed by atoms with Gasteiger partial charge in [0.2, 0.25) is 0 Å². The maximum atomic E-state index is 5.92. The number of nitrogens with one attached hydrogen (secondary N) is 1. The van der Waals surface area contributed by atoms with Crippen LogP contribution in [0.3, 0.4) is 0 Å². The molecule has 1 heterocycles. The summed E-state index contributed by atoms with van der Waals surface area (Å²) in [6.45, 7) is 2.94. The highest BCUT2D eigenvalue weighted by atomic mass is 79.9. The first-order chi connectivity index (χ1) is 9.13. The maximum absolute atomic E-state index is 5.92. The van der Waals surface area contributed by atoms with E-state index in [-0.39, 0.29) is 0 Å². The van der Waals surface area contributed by atoms with Crippen LogP contribution in [-0.4, -0.2) is 0 Å². The molecular weight excluding hydrogens is 326 g/mol. The Morgan fingerprint density at radius 2 is 2.16 bits per heavy atom. The number of anilines is 1. The van der Waals surface area contributed by atoms with Gasteiger partial charge in [-0.1, -0.05) is 18.5 Å². The predicted octanol–water partition coefficient (Wildman–Crippen LogP) is 5.43. The Hall–Kier alpha value is -0.930. The Kier molecular flexibility index (Phi) is 3.59. The van der Waals surface area contributed by atoms with Gasteiger partial charge in [0.15, 0.2) is 0 Å². The van der Waals surface area contributed by atoms with Crippen molar-refractivity contribution in [2.24, 2.45) is 5.92 Å². The number of halogens is 2. The van der Waals surface area contributed by atoms with E-state index in [0.29, 0.717) is 12.5 Å². The summed E-state index contributed by atoms with van der Waals surface area (Å²) >= 11 is 9.41. The van der Waals surface area contributed by atoms with Crippen LogP contribution in [0.4, 0.5) is 5.69 Å². The fourth-order valence-corrected chi connectivity index (χ4v) is 3.05. The maximum Gasteiger partial charge on any atom is 0.123 e. The van der Waals surface area contributed by atoms with E-state index in [1.165, 1.54) is 6.42 Å². The van der Waals surface area contributed by atoms with E-state index >= 15 is 0 Å². The molecule has 0 bridgehead atoms. The van der Waals surface area contributed by atoms with Crippen LogP contribution >= 0.6 is 27.5 Å². The molecule has 0 radical (unpaired) electrons. The highest BCUT2D eigenvalue weighted by Crippen LogP contribution is 2.47.